The summed E-state index contributed by atoms with van der Waals surface area (Å²) in [5, 5.41) is 8.81. The molecule has 0 unspecified atom stereocenters. The molecule has 0 spiro atoms. The Balaban J connectivity index is 1.55. The SMILES string of the molecule is CC(C)c1ccc(COCc2ccc(C(=O)NS(=O)(=O)c3ccc(C#N)cc3)cc2)cc1. The molecule has 0 bridgehead atoms. The number of benzene rings is 3. The van der Waals surface area contributed by atoms with Crippen molar-refractivity contribution in [3.8, 4) is 6.07 Å². The number of rotatable bonds is 8. The van der Waals surface area contributed by atoms with Gasteiger partial charge in [-0.05, 0) is 59.0 Å². The van der Waals surface area contributed by atoms with Crippen LogP contribution >= 0.6 is 0 Å². The van der Waals surface area contributed by atoms with Crippen molar-refractivity contribution < 1.29 is 17.9 Å². The Hall–Kier alpha value is -3.47. The molecule has 1 amide bonds. The fourth-order valence-electron chi connectivity index (χ4n) is 2.99. The summed E-state index contributed by atoms with van der Waals surface area (Å²) in [6.45, 7) is 5.15. The van der Waals surface area contributed by atoms with Crippen molar-refractivity contribution in [3.63, 3.8) is 0 Å². The fourth-order valence-corrected chi connectivity index (χ4v) is 3.96. The van der Waals surface area contributed by atoms with E-state index in [1.54, 1.807) is 24.3 Å². The fraction of sp³-hybridized carbons (Fsp3) is 0.200. The normalized spacial score (nSPS) is 11.2. The highest BCUT2D eigenvalue weighted by Crippen LogP contribution is 2.16. The van der Waals surface area contributed by atoms with Crippen LogP contribution < -0.4 is 4.72 Å². The smallest absolute Gasteiger partial charge is 0.264 e. The third-order valence-electron chi connectivity index (χ3n) is 4.92. The van der Waals surface area contributed by atoms with Crippen LogP contribution in [-0.2, 0) is 28.0 Å². The molecule has 32 heavy (non-hydrogen) atoms. The van der Waals surface area contributed by atoms with E-state index in [4.69, 9.17) is 10.00 Å². The highest BCUT2D eigenvalue weighted by Gasteiger charge is 2.18. The number of nitrogens with one attached hydrogen (secondary N) is 1. The molecule has 7 heteroatoms. The van der Waals surface area contributed by atoms with Crippen LogP contribution in [0.4, 0.5) is 0 Å². The van der Waals surface area contributed by atoms with E-state index >= 15 is 0 Å². The molecule has 0 saturated carbocycles. The van der Waals surface area contributed by atoms with Gasteiger partial charge in [0, 0.05) is 5.56 Å². The number of sulfonamides is 1. The second kappa shape index (κ2) is 10.2. The first-order valence-electron chi connectivity index (χ1n) is 10.1. The minimum Gasteiger partial charge on any atom is -0.372 e. The number of carbonyl (C=O) groups excluding carboxylic acids is 1. The molecule has 0 aliphatic heterocycles. The summed E-state index contributed by atoms with van der Waals surface area (Å²) in [4.78, 5) is 12.3. The predicted octanol–water partition coefficient (Wildman–Crippen LogP) is 4.52. The lowest BCUT2D eigenvalue weighted by Crippen LogP contribution is -2.30. The maximum Gasteiger partial charge on any atom is 0.264 e. The summed E-state index contributed by atoms with van der Waals surface area (Å²) < 4.78 is 32.6. The van der Waals surface area contributed by atoms with Crippen LogP contribution in [-0.4, -0.2) is 14.3 Å². The molecule has 0 aromatic heterocycles. The minimum atomic E-state index is -4.03. The second-order valence-electron chi connectivity index (χ2n) is 7.66. The third kappa shape index (κ3) is 6.03. The zero-order chi connectivity index (χ0) is 23.1. The van der Waals surface area contributed by atoms with Gasteiger partial charge in [0.05, 0.1) is 29.7 Å². The summed E-state index contributed by atoms with van der Waals surface area (Å²) >= 11 is 0. The van der Waals surface area contributed by atoms with Gasteiger partial charge in [0.25, 0.3) is 15.9 Å². The Labute approximate surface area is 188 Å². The van der Waals surface area contributed by atoms with Crippen molar-refractivity contribution in [1.29, 1.82) is 5.26 Å². The van der Waals surface area contributed by atoms with E-state index in [9.17, 15) is 13.2 Å². The zero-order valence-electron chi connectivity index (χ0n) is 17.9. The Morgan fingerprint density at radius 1 is 0.906 bits per heavy atom. The lowest BCUT2D eigenvalue weighted by molar-refractivity contribution is 0.0980. The lowest BCUT2D eigenvalue weighted by Gasteiger charge is -2.09. The Morgan fingerprint density at radius 3 is 1.94 bits per heavy atom. The van der Waals surface area contributed by atoms with Gasteiger partial charge in [-0.2, -0.15) is 5.26 Å². The molecule has 3 rings (SSSR count). The molecule has 1 N–H and O–H groups in total. The lowest BCUT2D eigenvalue weighted by atomic mass is 10.0. The van der Waals surface area contributed by atoms with Crippen LogP contribution in [0, 0.1) is 11.3 Å². The van der Waals surface area contributed by atoms with Crippen molar-refractivity contribution >= 4 is 15.9 Å². The number of hydrogen-bond acceptors (Lipinski definition) is 5. The van der Waals surface area contributed by atoms with Gasteiger partial charge in [-0.3, -0.25) is 4.79 Å². The van der Waals surface area contributed by atoms with E-state index in [1.807, 2.05) is 10.8 Å². The molecule has 0 heterocycles. The van der Waals surface area contributed by atoms with Crippen molar-refractivity contribution in [2.75, 3.05) is 0 Å². The molecule has 0 saturated heterocycles. The standard InChI is InChI=1S/C25H24N2O4S/c1-18(2)22-9-3-20(4-10-22)16-31-17-21-5-11-23(12-6-21)25(28)27-32(29,30)24-13-7-19(15-26)8-14-24/h3-14,18H,16-17H2,1-2H3,(H,27,28). The van der Waals surface area contributed by atoms with Gasteiger partial charge >= 0.3 is 0 Å². The Kier molecular flexibility index (Phi) is 7.41. The first-order valence-corrected chi connectivity index (χ1v) is 11.6. The van der Waals surface area contributed by atoms with Crippen LogP contribution in [0.3, 0.4) is 0 Å². The minimum absolute atomic E-state index is 0.0868. The zero-order valence-corrected chi connectivity index (χ0v) is 18.7. The molecule has 0 radical (unpaired) electrons. The number of amides is 1. The summed E-state index contributed by atoms with van der Waals surface area (Å²) in [7, 11) is -4.03. The second-order valence-corrected chi connectivity index (χ2v) is 9.34. The number of nitriles is 1. The largest absolute Gasteiger partial charge is 0.372 e. The van der Waals surface area contributed by atoms with Crippen molar-refractivity contribution in [3.05, 3.63) is 101 Å². The van der Waals surface area contributed by atoms with Gasteiger partial charge in [0.2, 0.25) is 0 Å². The van der Waals surface area contributed by atoms with Crippen LogP contribution in [0.15, 0.2) is 77.7 Å². The van der Waals surface area contributed by atoms with Crippen LogP contribution in [0.5, 0.6) is 0 Å². The summed E-state index contributed by atoms with van der Waals surface area (Å²) in [6.07, 6.45) is 0. The van der Waals surface area contributed by atoms with Gasteiger partial charge in [-0.25, -0.2) is 13.1 Å². The highest BCUT2D eigenvalue weighted by atomic mass is 32.2. The van der Waals surface area contributed by atoms with Gasteiger partial charge < -0.3 is 4.74 Å². The topological polar surface area (TPSA) is 96.3 Å². The molecule has 6 nitrogen and oxygen atoms in total. The number of ether oxygens (including phenoxy) is 1. The number of carbonyl (C=O) groups is 1. The molecule has 0 atom stereocenters. The molecular weight excluding hydrogens is 424 g/mol. The van der Waals surface area contributed by atoms with E-state index in [-0.39, 0.29) is 10.5 Å². The number of hydrogen-bond donors (Lipinski definition) is 1. The van der Waals surface area contributed by atoms with Crippen LogP contribution in [0.2, 0.25) is 0 Å². The van der Waals surface area contributed by atoms with E-state index in [1.165, 1.54) is 29.8 Å². The summed E-state index contributed by atoms with van der Waals surface area (Å²) in [6, 6.07) is 22.1. The average Bonchev–Trinajstić information content (AvgIpc) is 2.79. The van der Waals surface area contributed by atoms with E-state index < -0.39 is 15.9 Å². The van der Waals surface area contributed by atoms with Crippen molar-refractivity contribution in [1.82, 2.24) is 4.72 Å². The van der Waals surface area contributed by atoms with E-state index in [0.717, 1.165) is 11.1 Å². The molecular formula is C25H24N2O4S. The third-order valence-corrected chi connectivity index (χ3v) is 6.27. The first kappa shape index (κ1) is 23.2. The first-order chi connectivity index (χ1) is 15.3. The van der Waals surface area contributed by atoms with Crippen molar-refractivity contribution in [2.45, 2.75) is 37.9 Å². The molecule has 0 aliphatic rings. The quantitative estimate of drug-likeness (QED) is 0.547. The van der Waals surface area contributed by atoms with Crippen molar-refractivity contribution in [2.24, 2.45) is 0 Å². The average molecular weight is 449 g/mol. The van der Waals surface area contributed by atoms with Gasteiger partial charge in [-0.1, -0.05) is 50.2 Å². The van der Waals surface area contributed by atoms with Crippen LogP contribution in [0.1, 0.15) is 52.4 Å². The van der Waals surface area contributed by atoms with Crippen LogP contribution in [0.25, 0.3) is 0 Å². The Bertz CT molecular complexity index is 1210. The maximum absolute atomic E-state index is 12.4. The van der Waals surface area contributed by atoms with E-state index in [2.05, 4.69) is 38.1 Å². The highest BCUT2D eigenvalue weighted by molar-refractivity contribution is 7.90. The Morgan fingerprint density at radius 2 is 1.44 bits per heavy atom. The molecule has 0 fully saturated rings. The molecule has 3 aromatic rings. The van der Waals surface area contributed by atoms with Gasteiger partial charge in [-0.15, -0.1) is 0 Å². The molecule has 0 aliphatic carbocycles. The molecule has 3 aromatic carbocycles. The summed E-state index contributed by atoms with van der Waals surface area (Å²) in [5.41, 5.74) is 3.79. The monoisotopic (exact) mass is 448 g/mol. The van der Waals surface area contributed by atoms with E-state index in [0.29, 0.717) is 24.7 Å². The van der Waals surface area contributed by atoms with Gasteiger partial charge in [0.15, 0.2) is 0 Å². The predicted molar refractivity (Wildman–Crippen MR) is 121 cm³/mol. The van der Waals surface area contributed by atoms with Gasteiger partial charge in [0.1, 0.15) is 0 Å². The molecule has 164 valence electrons. The maximum atomic E-state index is 12.4. The summed E-state index contributed by atoms with van der Waals surface area (Å²) in [5.74, 6) is -0.244. The number of nitrogens with zero attached hydrogens (tertiary/aromatic N) is 1.